The van der Waals surface area contributed by atoms with E-state index in [-0.39, 0.29) is 5.92 Å². The van der Waals surface area contributed by atoms with Crippen LogP contribution in [-0.4, -0.2) is 11.3 Å². The van der Waals surface area contributed by atoms with Gasteiger partial charge in [0, 0.05) is 12.1 Å². The van der Waals surface area contributed by atoms with Gasteiger partial charge in [0.15, 0.2) is 0 Å². The number of nitrogens with zero attached hydrogens (tertiary/aromatic N) is 1. The van der Waals surface area contributed by atoms with E-state index in [2.05, 4.69) is 4.98 Å². The molecule has 2 nitrogen and oxygen atoms in total. The Balaban J connectivity index is 3.02. The molecule has 0 bridgehead atoms. The Hall–Kier alpha value is -0.890. The molecule has 3 heteroatoms. The monoisotopic (exact) mass is 169 g/mol. The zero-order valence-electron chi connectivity index (χ0n) is 6.12. The van der Waals surface area contributed by atoms with E-state index in [0.717, 1.165) is 11.8 Å². The fourth-order valence-electron chi connectivity index (χ4n) is 0.811. The summed E-state index contributed by atoms with van der Waals surface area (Å²) in [6, 6.07) is 3.57. The minimum Gasteiger partial charge on any atom is -0.303 e. The molecule has 0 amide bonds. The van der Waals surface area contributed by atoms with Crippen molar-refractivity contribution in [2.24, 2.45) is 0 Å². The number of hydrogen-bond donors (Lipinski definition) is 0. The summed E-state index contributed by atoms with van der Waals surface area (Å²) in [5.74, 6) is -0.170. The fourth-order valence-corrected chi connectivity index (χ4v) is 1.10. The van der Waals surface area contributed by atoms with E-state index in [4.69, 9.17) is 11.6 Å². The molecule has 1 aromatic heterocycles. The number of pyridine rings is 1. The first-order valence-corrected chi connectivity index (χ1v) is 3.69. The summed E-state index contributed by atoms with van der Waals surface area (Å²) in [5.41, 5.74) is 0.782. The van der Waals surface area contributed by atoms with E-state index in [1.807, 2.05) is 0 Å². The lowest BCUT2D eigenvalue weighted by Crippen LogP contribution is -1.95. The average Bonchev–Trinajstić information content (AvgIpc) is 2.04. The third-order valence-corrected chi connectivity index (χ3v) is 1.80. The number of aromatic nitrogens is 1. The van der Waals surface area contributed by atoms with Crippen molar-refractivity contribution in [2.75, 3.05) is 0 Å². The largest absolute Gasteiger partial charge is 0.303 e. The van der Waals surface area contributed by atoms with Gasteiger partial charge >= 0.3 is 0 Å². The average molecular weight is 170 g/mol. The molecule has 0 saturated heterocycles. The van der Waals surface area contributed by atoms with Crippen molar-refractivity contribution in [3.8, 4) is 0 Å². The highest BCUT2D eigenvalue weighted by Crippen LogP contribution is 2.19. The van der Waals surface area contributed by atoms with Gasteiger partial charge in [-0.1, -0.05) is 24.6 Å². The van der Waals surface area contributed by atoms with Gasteiger partial charge in [0.2, 0.25) is 0 Å². The molecule has 58 valence electrons. The fraction of sp³-hybridized carbons (Fsp3) is 0.250. The van der Waals surface area contributed by atoms with E-state index in [9.17, 15) is 4.79 Å². The first kappa shape index (κ1) is 8.21. The maximum absolute atomic E-state index is 10.4. The Bertz CT molecular complexity index is 262. The van der Waals surface area contributed by atoms with Crippen LogP contribution in [0.15, 0.2) is 18.3 Å². The van der Waals surface area contributed by atoms with Crippen molar-refractivity contribution >= 4 is 17.9 Å². The number of carbonyl (C=O) groups excluding carboxylic acids is 1. The van der Waals surface area contributed by atoms with Crippen LogP contribution in [0.1, 0.15) is 18.4 Å². The van der Waals surface area contributed by atoms with Crippen molar-refractivity contribution in [3.63, 3.8) is 0 Å². The van der Waals surface area contributed by atoms with Gasteiger partial charge in [-0.15, -0.1) is 0 Å². The summed E-state index contributed by atoms with van der Waals surface area (Å²) < 4.78 is 0. The predicted molar refractivity (Wildman–Crippen MR) is 43.7 cm³/mol. The molecule has 0 aliphatic heterocycles. The van der Waals surface area contributed by atoms with Crippen LogP contribution in [0.2, 0.25) is 5.15 Å². The molecule has 11 heavy (non-hydrogen) atoms. The number of rotatable bonds is 2. The zero-order valence-corrected chi connectivity index (χ0v) is 6.88. The minimum atomic E-state index is -0.170. The van der Waals surface area contributed by atoms with E-state index in [1.165, 1.54) is 0 Å². The van der Waals surface area contributed by atoms with E-state index >= 15 is 0 Å². The maximum Gasteiger partial charge on any atom is 0.132 e. The lowest BCUT2D eigenvalue weighted by Gasteiger charge is -2.03. The second kappa shape index (κ2) is 3.49. The van der Waals surface area contributed by atoms with Crippen LogP contribution in [0, 0.1) is 0 Å². The molecule has 0 N–H and O–H groups in total. The van der Waals surface area contributed by atoms with Crippen LogP contribution in [0.5, 0.6) is 0 Å². The summed E-state index contributed by atoms with van der Waals surface area (Å²) in [6.45, 7) is 1.79. The van der Waals surface area contributed by atoms with Gasteiger partial charge in [0.1, 0.15) is 11.4 Å². The zero-order chi connectivity index (χ0) is 8.27. The molecule has 1 aromatic rings. The molecular formula is C8H8ClNO. The molecule has 0 radical (unpaired) electrons. The van der Waals surface area contributed by atoms with E-state index < -0.39 is 0 Å². The minimum absolute atomic E-state index is 0.170. The third kappa shape index (κ3) is 1.77. The van der Waals surface area contributed by atoms with Crippen molar-refractivity contribution < 1.29 is 4.79 Å². The van der Waals surface area contributed by atoms with Gasteiger partial charge < -0.3 is 4.79 Å². The molecule has 0 spiro atoms. The van der Waals surface area contributed by atoms with Gasteiger partial charge in [-0.05, 0) is 11.6 Å². The number of hydrogen-bond acceptors (Lipinski definition) is 2. The highest BCUT2D eigenvalue weighted by Gasteiger charge is 2.07. The second-order valence-corrected chi connectivity index (χ2v) is 2.67. The van der Waals surface area contributed by atoms with Crippen LogP contribution < -0.4 is 0 Å². The topological polar surface area (TPSA) is 30.0 Å². The van der Waals surface area contributed by atoms with Gasteiger partial charge in [0.05, 0.1) is 0 Å². The number of carbonyl (C=O) groups is 1. The van der Waals surface area contributed by atoms with Gasteiger partial charge in [-0.25, -0.2) is 4.98 Å². The Labute approximate surface area is 70.2 Å². The molecule has 1 atom stereocenters. The molecule has 0 saturated carbocycles. The molecule has 0 fully saturated rings. The Kier molecular flexibility index (Phi) is 2.60. The Morgan fingerprint density at radius 3 is 3.00 bits per heavy atom. The number of halogens is 1. The summed E-state index contributed by atoms with van der Waals surface area (Å²) in [5, 5.41) is 0.409. The van der Waals surface area contributed by atoms with E-state index in [1.54, 1.807) is 25.3 Å². The van der Waals surface area contributed by atoms with Crippen molar-refractivity contribution in [1.29, 1.82) is 0 Å². The molecular weight excluding hydrogens is 162 g/mol. The van der Waals surface area contributed by atoms with Crippen molar-refractivity contribution in [2.45, 2.75) is 12.8 Å². The SMILES string of the molecule is CC(C=O)c1cccnc1Cl. The molecule has 1 rings (SSSR count). The normalized spacial score (nSPS) is 12.5. The number of aldehydes is 1. The Morgan fingerprint density at radius 2 is 2.45 bits per heavy atom. The van der Waals surface area contributed by atoms with Crippen LogP contribution in [0.4, 0.5) is 0 Å². The van der Waals surface area contributed by atoms with Crippen molar-refractivity contribution in [3.05, 3.63) is 29.0 Å². The first-order chi connectivity index (χ1) is 5.25. The first-order valence-electron chi connectivity index (χ1n) is 3.31. The molecule has 0 aromatic carbocycles. The summed E-state index contributed by atoms with van der Waals surface area (Å²) in [7, 11) is 0. The molecule has 1 heterocycles. The smallest absolute Gasteiger partial charge is 0.132 e. The quantitative estimate of drug-likeness (QED) is 0.501. The van der Waals surface area contributed by atoms with Crippen molar-refractivity contribution in [1.82, 2.24) is 4.98 Å². The third-order valence-electron chi connectivity index (χ3n) is 1.48. The highest BCUT2D eigenvalue weighted by atomic mass is 35.5. The lowest BCUT2D eigenvalue weighted by atomic mass is 10.1. The standard InChI is InChI=1S/C8H8ClNO/c1-6(5-11)7-3-2-4-10-8(7)9/h2-6H,1H3. The summed E-state index contributed by atoms with van der Waals surface area (Å²) in [4.78, 5) is 14.2. The maximum atomic E-state index is 10.4. The Morgan fingerprint density at radius 1 is 1.73 bits per heavy atom. The highest BCUT2D eigenvalue weighted by molar-refractivity contribution is 6.30. The summed E-state index contributed by atoms with van der Waals surface area (Å²) in [6.07, 6.45) is 2.45. The molecule has 0 aliphatic carbocycles. The van der Waals surface area contributed by atoms with Crippen LogP contribution in [-0.2, 0) is 4.79 Å². The van der Waals surface area contributed by atoms with Crippen LogP contribution >= 0.6 is 11.6 Å². The lowest BCUT2D eigenvalue weighted by molar-refractivity contribution is -0.108. The molecule has 1 unspecified atom stereocenters. The van der Waals surface area contributed by atoms with Gasteiger partial charge in [0.25, 0.3) is 0 Å². The summed E-state index contributed by atoms with van der Waals surface area (Å²) >= 11 is 5.73. The van der Waals surface area contributed by atoms with Gasteiger partial charge in [-0.2, -0.15) is 0 Å². The van der Waals surface area contributed by atoms with E-state index in [0.29, 0.717) is 5.15 Å². The second-order valence-electron chi connectivity index (χ2n) is 2.31. The van der Waals surface area contributed by atoms with Crippen LogP contribution in [0.25, 0.3) is 0 Å². The predicted octanol–water partition coefficient (Wildman–Crippen LogP) is 2.04. The molecule has 0 aliphatic rings. The van der Waals surface area contributed by atoms with Crippen LogP contribution in [0.3, 0.4) is 0 Å². The van der Waals surface area contributed by atoms with Gasteiger partial charge in [-0.3, -0.25) is 0 Å².